The zero-order valence-corrected chi connectivity index (χ0v) is 11.7. The predicted octanol–water partition coefficient (Wildman–Crippen LogP) is 1.75. The fourth-order valence-corrected chi connectivity index (χ4v) is 2.46. The molecule has 0 radical (unpaired) electrons. The molecule has 0 fully saturated rings. The van der Waals surface area contributed by atoms with Gasteiger partial charge in [0.2, 0.25) is 5.91 Å². The predicted molar refractivity (Wildman–Crippen MR) is 79.7 cm³/mol. The molecule has 6 heteroatoms. The van der Waals surface area contributed by atoms with Crippen molar-refractivity contribution in [3.8, 4) is 0 Å². The third-order valence-corrected chi connectivity index (χ3v) is 3.74. The van der Waals surface area contributed by atoms with Gasteiger partial charge in [0.05, 0.1) is 11.3 Å². The van der Waals surface area contributed by atoms with E-state index in [0.717, 1.165) is 4.88 Å². The Morgan fingerprint density at radius 2 is 1.95 bits per heavy atom. The lowest BCUT2D eigenvalue weighted by Gasteiger charge is -2.13. The molecule has 2 amide bonds. The van der Waals surface area contributed by atoms with Crippen molar-refractivity contribution in [1.82, 2.24) is 5.32 Å². The van der Waals surface area contributed by atoms with Crippen LogP contribution in [0.15, 0.2) is 41.8 Å². The van der Waals surface area contributed by atoms with Crippen molar-refractivity contribution < 1.29 is 9.59 Å². The first-order chi connectivity index (χ1) is 9.63. The second-order valence-corrected chi connectivity index (χ2v) is 5.09. The van der Waals surface area contributed by atoms with Crippen LogP contribution in [0.25, 0.3) is 0 Å². The molecule has 1 atom stereocenters. The summed E-state index contributed by atoms with van der Waals surface area (Å²) in [6.45, 7) is 0. The number of thiophene rings is 1. The van der Waals surface area contributed by atoms with Crippen molar-refractivity contribution in [3.05, 3.63) is 52.2 Å². The largest absolute Gasteiger partial charge is 0.355 e. The molecular weight excluding hydrogens is 274 g/mol. The van der Waals surface area contributed by atoms with E-state index < -0.39 is 6.04 Å². The monoisotopic (exact) mass is 289 g/mol. The Labute approximate surface area is 120 Å². The van der Waals surface area contributed by atoms with Gasteiger partial charge < -0.3 is 16.4 Å². The molecule has 0 bridgehead atoms. The quantitative estimate of drug-likeness (QED) is 0.801. The molecule has 20 heavy (non-hydrogen) atoms. The molecule has 1 aromatic heterocycles. The smallest absolute Gasteiger partial charge is 0.253 e. The minimum atomic E-state index is -0.743. The third kappa shape index (κ3) is 3.04. The number of rotatable bonds is 4. The Balaban J connectivity index is 2.18. The lowest BCUT2D eigenvalue weighted by molar-refractivity contribution is -0.117. The average molecular weight is 289 g/mol. The van der Waals surface area contributed by atoms with Crippen LogP contribution in [0.5, 0.6) is 0 Å². The molecule has 0 saturated carbocycles. The lowest BCUT2D eigenvalue weighted by atomic mass is 10.1. The van der Waals surface area contributed by atoms with Crippen molar-refractivity contribution in [2.24, 2.45) is 5.73 Å². The second-order valence-electron chi connectivity index (χ2n) is 4.11. The maximum atomic E-state index is 12.1. The number of amides is 2. The number of anilines is 1. The molecule has 2 aromatic rings. The molecular formula is C14H15N3O2S. The van der Waals surface area contributed by atoms with Gasteiger partial charge in [-0.3, -0.25) is 9.59 Å². The van der Waals surface area contributed by atoms with Gasteiger partial charge in [0, 0.05) is 11.9 Å². The molecule has 4 N–H and O–H groups in total. The molecule has 2 rings (SSSR count). The maximum Gasteiger partial charge on any atom is 0.253 e. The van der Waals surface area contributed by atoms with E-state index in [-0.39, 0.29) is 11.8 Å². The van der Waals surface area contributed by atoms with E-state index in [1.807, 2.05) is 11.4 Å². The lowest BCUT2D eigenvalue weighted by Crippen LogP contribution is -2.28. The highest BCUT2D eigenvalue weighted by Gasteiger charge is 2.19. The van der Waals surface area contributed by atoms with Crippen LogP contribution in [-0.4, -0.2) is 18.9 Å². The van der Waals surface area contributed by atoms with Gasteiger partial charge in [0.15, 0.2) is 0 Å². The van der Waals surface area contributed by atoms with E-state index in [9.17, 15) is 9.59 Å². The molecule has 1 unspecified atom stereocenters. The van der Waals surface area contributed by atoms with Gasteiger partial charge >= 0.3 is 0 Å². The number of nitrogens with two attached hydrogens (primary N) is 1. The summed E-state index contributed by atoms with van der Waals surface area (Å²) in [6, 6.07) is 9.70. The normalized spacial score (nSPS) is 11.7. The highest BCUT2D eigenvalue weighted by Crippen LogP contribution is 2.20. The van der Waals surface area contributed by atoms with Crippen LogP contribution in [0.1, 0.15) is 21.3 Å². The summed E-state index contributed by atoms with van der Waals surface area (Å²) in [6.07, 6.45) is 0. The van der Waals surface area contributed by atoms with E-state index >= 15 is 0 Å². The standard InChI is InChI=1S/C14H15N3O2S/c1-16-13(18)9-5-2-3-6-10(9)17-14(19)12(15)11-7-4-8-20-11/h2-8,12H,15H2,1H3,(H,16,18)(H,17,19). The highest BCUT2D eigenvalue weighted by molar-refractivity contribution is 7.10. The van der Waals surface area contributed by atoms with Crippen molar-refractivity contribution in [2.75, 3.05) is 12.4 Å². The molecule has 1 heterocycles. The SMILES string of the molecule is CNC(=O)c1ccccc1NC(=O)C(N)c1cccs1. The Morgan fingerprint density at radius 1 is 1.20 bits per heavy atom. The van der Waals surface area contributed by atoms with Crippen LogP contribution in [-0.2, 0) is 4.79 Å². The molecule has 1 aromatic carbocycles. The summed E-state index contributed by atoms with van der Waals surface area (Å²) in [5, 5.41) is 7.09. The van der Waals surface area contributed by atoms with Crippen LogP contribution in [0.2, 0.25) is 0 Å². The zero-order valence-electron chi connectivity index (χ0n) is 10.9. The van der Waals surface area contributed by atoms with E-state index in [0.29, 0.717) is 11.3 Å². The third-order valence-electron chi connectivity index (χ3n) is 2.79. The first-order valence-electron chi connectivity index (χ1n) is 6.04. The minimum absolute atomic E-state index is 0.259. The molecule has 0 aliphatic carbocycles. The van der Waals surface area contributed by atoms with Crippen LogP contribution in [0.3, 0.4) is 0 Å². The van der Waals surface area contributed by atoms with Gasteiger partial charge in [-0.15, -0.1) is 11.3 Å². The van der Waals surface area contributed by atoms with Crippen LogP contribution in [0, 0.1) is 0 Å². The molecule has 0 aliphatic rings. The number of hydrogen-bond acceptors (Lipinski definition) is 4. The topological polar surface area (TPSA) is 84.2 Å². The van der Waals surface area contributed by atoms with Crippen molar-refractivity contribution in [2.45, 2.75) is 6.04 Å². The van der Waals surface area contributed by atoms with E-state index in [4.69, 9.17) is 5.73 Å². The van der Waals surface area contributed by atoms with Crippen molar-refractivity contribution in [3.63, 3.8) is 0 Å². The summed E-state index contributed by atoms with van der Waals surface area (Å²) in [5.74, 6) is -0.602. The summed E-state index contributed by atoms with van der Waals surface area (Å²) >= 11 is 1.42. The number of benzene rings is 1. The Kier molecular flexibility index (Phi) is 4.49. The summed E-state index contributed by atoms with van der Waals surface area (Å²) in [5.41, 5.74) is 6.74. The van der Waals surface area contributed by atoms with Crippen LogP contribution < -0.4 is 16.4 Å². The Hall–Kier alpha value is -2.18. The van der Waals surface area contributed by atoms with Crippen molar-refractivity contribution >= 4 is 28.8 Å². The van der Waals surface area contributed by atoms with Gasteiger partial charge in [-0.25, -0.2) is 0 Å². The summed E-state index contributed by atoms with van der Waals surface area (Å²) < 4.78 is 0. The molecule has 104 valence electrons. The number of hydrogen-bond donors (Lipinski definition) is 3. The number of nitrogens with one attached hydrogen (secondary N) is 2. The summed E-state index contributed by atoms with van der Waals surface area (Å²) in [4.78, 5) is 24.6. The molecule has 0 spiro atoms. The highest BCUT2D eigenvalue weighted by atomic mass is 32.1. The van der Waals surface area contributed by atoms with E-state index in [2.05, 4.69) is 10.6 Å². The van der Waals surface area contributed by atoms with Gasteiger partial charge in [-0.2, -0.15) is 0 Å². The Bertz CT molecular complexity index is 611. The molecule has 5 nitrogen and oxygen atoms in total. The number of carbonyl (C=O) groups excluding carboxylic acids is 2. The van der Waals surface area contributed by atoms with Gasteiger partial charge in [0.25, 0.3) is 5.91 Å². The molecule has 0 saturated heterocycles. The van der Waals surface area contributed by atoms with Crippen LogP contribution >= 0.6 is 11.3 Å². The first-order valence-corrected chi connectivity index (χ1v) is 6.92. The van der Waals surface area contributed by atoms with E-state index in [1.165, 1.54) is 18.4 Å². The van der Waals surface area contributed by atoms with Gasteiger partial charge in [0.1, 0.15) is 6.04 Å². The van der Waals surface area contributed by atoms with E-state index in [1.54, 1.807) is 30.3 Å². The fraction of sp³-hybridized carbons (Fsp3) is 0.143. The Morgan fingerprint density at radius 3 is 2.60 bits per heavy atom. The first kappa shape index (κ1) is 14.2. The van der Waals surface area contributed by atoms with Gasteiger partial charge in [-0.1, -0.05) is 18.2 Å². The maximum absolute atomic E-state index is 12.1. The van der Waals surface area contributed by atoms with Crippen LogP contribution in [0.4, 0.5) is 5.69 Å². The average Bonchev–Trinajstić information content (AvgIpc) is 3.00. The number of carbonyl (C=O) groups is 2. The minimum Gasteiger partial charge on any atom is -0.355 e. The summed E-state index contributed by atoms with van der Waals surface area (Å²) in [7, 11) is 1.54. The van der Waals surface area contributed by atoms with Gasteiger partial charge in [-0.05, 0) is 23.6 Å². The number of para-hydroxylation sites is 1. The second kappa shape index (κ2) is 6.31. The zero-order chi connectivity index (χ0) is 14.5. The molecule has 0 aliphatic heterocycles. The van der Waals surface area contributed by atoms with Crippen molar-refractivity contribution in [1.29, 1.82) is 0 Å². The fourth-order valence-electron chi connectivity index (χ4n) is 1.73.